The summed E-state index contributed by atoms with van der Waals surface area (Å²) in [5.74, 6) is 0.707. The summed E-state index contributed by atoms with van der Waals surface area (Å²) in [5, 5.41) is 6.40. The summed E-state index contributed by atoms with van der Waals surface area (Å²) in [5.41, 5.74) is 0.934. The lowest BCUT2D eigenvalue weighted by molar-refractivity contribution is 0.445. The van der Waals surface area contributed by atoms with Crippen LogP contribution in [0.1, 0.15) is 31.7 Å². The van der Waals surface area contributed by atoms with E-state index in [2.05, 4.69) is 15.6 Å². The van der Waals surface area contributed by atoms with Gasteiger partial charge in [-0.25, -0.2) is 17.1 Å². The molecule has 1 saturated heterocycles. The molecule has 0 radical (unpaired) electrons. The summed E-state index contributed by atoms with van der Waals surface area (Å²) in [4.78, 5) is 4.66. The second kappa shape index (κ2) is 9.51. The SMILES string of the molecule is CCNC(=NCC1(c2cccc(F)c2)CC1)NCCN1CCCS1(=O)=O.I. The third-order valence-electron chi connectivity index (χ3n) is 5.03. The Hall–Kier alpha value is -0.940. The van der Waals surface area contributed by atoms with Crippen LogP contribution in [-0.2, 0) is 15.4 Å². The van der Waals surface area contributed by atoms with Crippen LogP contribution in [0.15, 0.2) is 29.3 Å². The zero-order chi connectivity index (χ0) is 18.6. The van der Waals surface area contributed by atoms with Gasteiger partial charge in [-0.3, -0.25) is 4.99 Å². The second-order valence-corrected chi connectivity index (χ2v) is 9.07. The van der Waals surface area contributed by atoms with Crippen LogP contribution in [0.25, 0.3) is 0 Å². The van der Waals surface area contributed by atoms with Crippen LogP contribution < -0.4 is 10.6 Å². The van der Waals surface area contributed by atoms with Crippen molar-refractivity contribution in [1.82, 2.24) is 14.9 Å². The Morgan fingerprint density at radius 2 is 2.11 bits per heavy atom. The number of nitrogens with one attached hydrogen (secondary N) is 2. The van der Waals surface area contributed by atoms with E-state index in [0.29, 0.717) is 38.6 Å². The molecule has 0 aromatic heterocycles. The normalized spacial score (nSPS) is 20.7. The Bertz CT molecular complexity index is 768. The number of sulfonamides is 1. The van der Waals surface area contributed by atoms with Gasteiger partial charge in [-0.15, -0.1) is 24.0 Å². The number of hydrogen-bond donors (Lipinski definition) is 2. The first-order valence-electron chi connectivity index (χ1n) is 9.21. The maximum atomic E-state index is 13.5. The van der Waals surface area contributed by atoms with Crippen molar-refractivity contribution >= 4 is 40.0 Å². The number of nitrogens with zero attached hydrogens (tertiary/aromatic N) is 2. The van der Waals surface area contributed by atoms with Gasteiger partial charge in [0.25, 0.3) is 0 Å². The van der Waals surface area contributed by atoms with Crippen LogP contribution in [0.5, 0.6) is 0 Å². The minimum Gasteiger partial charge on any atom is -0.357 e. The van der Waals surface area contributed by atoms with Crippen molar-refractivity contribution in [3.05, 3.63) is 35.6 Å². The van der Waals surface area contributed by atoms with Crippen LogP contribution in [0.2, 0.25) is 0 Å². The van der Waals surface area contributed by atoms with E-state index in [9.17, 15) is 12.8 Å². The molecule has 2 aliphatic rings. The summed E-state index contributed by atoms with van der Waals surface area (Å²) < 4.78 is 38.7. The lowest BCUT2D eigenvalue weighted by atomic mass is 9.96. The topological polar surface area (TPSA) is 73.8 Å². The lowest BCUT2D eigenvalue weighted by Crippen LogP contribution is -2.42. The van der Waals surface area contributed by atoms with Gasteiger partial charge in [0, 0.05) is 31.6 Å². The molecule has 0 atom stereocenters. The van der Waals surface area contributed by atoms with Crippen molar-refractivity contribution in [2.75, 3.05) is 38.5 Å². The fraction of sp³-hybridized carbons (Fsp3) is 0.611. The van der Waals surface area contributed by atoms with Crippen molar-refractivity contribution in [1.29, 1.82) is 0 Å². The first kappa shape index (κ1) is 22.4. The molecule has 0 amide bonds. The average molecular weight is 510 g/mol. The highest BCUT2D eigenvalue weighted by Gasteiger charge is 2.44. The first-order valence-corrected chi connectivity index (χ1v) is 10.8. The van der Waals surface area contributed by atoms with Crippen molar-refractivity contribution in [2.45, 2.75) is 31.6 Å². The maximum Gasteiger partial charge on any atom is 0.214 e. The average Bonchev–Trinajstić information content (AvgIpc) is 3.32. The van der Waals surface area contributed by atoms with Gasteiger partial charge in [0.2, 0.25) is 10.0 Å². The highest BCUT2D eigenvalue weighted by atomic mass is 127. The highest BCUT2D eigenvalue weighted by Crippen LogP contribution is 2.48. The van der Waals surface area contributed by atoms with Gasteiger partial charge in [-0.05, 0) is 43.9 Å². The molecule has 1 aliphatic heterocycles. The summed E-state index contributed by atoms with van der Waals surface area (Å²) in [7, 11) is -3.07. The molecular weight excluding hydrogens is 482 g/mol. The van der Waals surface area contributed by atoms with E-state index in [1.165, 1.54) is 10.4 Å². The molecule has 2 fully saturated rings. The molecule has 0 bridgehead atoms. The van der Waals surface area contributed by atoms with E-state index in [1.807, 2.05) is 13.0 Å². The van der Waals surface area contributed by atoms with Gasteiger partial charge < -0.3 is 10.6 Å². The van der Waals surface area contributed by atoms with E-state index in [4.69, 9.17) is 0 Å². The Balaban J connectivity index is 0.00000261. The lowest BCUT2D eigenvalue weighted by Gasteiger charge is -2.18. The zero-order valence-electron chi connectivity index (χ0n) is 15.6. The molecule has 6 nitrogen and oxygen atoms in total. The number of halogens is 2. The number of benzene rings is 1. The first-order chi connectivity index (χ1) is 12.5. The van der Waals surface area contributed by atoms with E-state index >= 15 is 0 Å². The summed E-state index contributed by atoms with van der Waals surface area (Å²) in [6.45, 7) is 4.86. The third-order valence-corrected chi connectivity index (χ3v) is 6.99. The Morgan fingerprint density at radius 3 is 2.70 bits per heavy atom. The monoisotopic (exact) mass is 510 g/mol. The molecule has 0 spiro atoms. The van der Waals surface area contributed by atoms with Crippen molar-refractivity contribution in [3.8, 4) is 0 Å². The van der Waals surface area contributed by atoms with Gasteiger partial charge in [-0.2, -0.15) is 0 Å². The number of hydrogen-bond acceptors (Lipinski definition) is 3. The third kappa shape index (κ3) is 5.77. The predicted molar refractivity (Wildman–Crippen MR) is 117 cm³/mol. The minimum absolute atomic E-state index is 0. The van der Waals surface area contributed by atoms with Crippen LogP contribution >= 0.6 is 24.0 Å². The molecule has 1 aromatic carbocycles. The molecule has 152 valence electrons. The molecule has 1 aromatic rings. The van der Waals surface area contributed by atoms with Crippen molar-refractivity contribution < 1.29 is 12.8 Å². The Labute approximate surface area is 178 Å². The fourth-order valence-electron chi connectivity index (χ4n) is 3.32. The van der Waals surface area contributed by atoms with Crippen LogP contribution in [0, 0.1) is 5.82 Å². The summed E-state index contributed by atoms with van der Waals surface area (Å²) >= 11 is 0. The molecule has 1 saturated carbocycles. The molecule has 1 aliphatic carbocycles. The summed E-state index contributed by atoms with van der Waals surface area (Å²) in [6.07, 6.45) is 2.71. The van der Waals surface area contributed by atoms with Crippen LogP contribution in [0.3, 0.4) is 0 Å². The quantitative estimate of drug-likeness (QED) is 0.335. The van der Waals surface area contributed by atoms with Gasteiger partial charge in [-0.1, -0.05) is 12.1 Å². The smallest absolute Gasteiger partial charge is 0.214 e. The van der Waals surface area contributed by atoms with Crippen molar-refractivity contribution in [2.24, 2.45) is 4.99 Å². The van der Waals surface area contributed by atoms with Crippen LogP contribution in [-0.4, -0.2) is 57.2 Å². The van der Waals surface area contributed by atoms with E-state index < -0.39 is 10.0 Å². The standard InChI is InChI=1S/C18H27FN4O2S.HI/c1-2-20-17(21-9-11-23-10-4-12-26(23,24)25)22-14-18(7-8-18)15-5-3-6-16(19)13-15;/h3,5-6,13H,2,4,7-12,14H2,1H3,(H2,20,21,22);1H. The number of rotatable bonds is 7. The van der Waals surface area contributed by atoms with Crippen molar-refractivity contribution in [3.63, 3.8) is 0 Å². The van der Waals surface area contributed by atoms with Crippen LogP contribution in [0.4, 0.5) is 4.39 Å². The number of guanidine groups is 1. The molecule has 2 N–H and O–H groups in total. The van der Waals surface area contributed by atoms with Gasteiger partial charge >= 0.3 is 0 Å². The Morgan fingerprint density at radius 1 is 1.33 bits per heavy atom. The predicted octanol–water partition coefficient (Wildman–Crippen LogP) is 2.07. The fourth-order valence-corrected chi connectivity index (χ4v) is 4.85. The minimum atomic E-state index is -3.07. The van der Waals surface area contributed by atoms with Gasteiger partial charge in [0.15, 0.2) is 5.96 Å². The zero-order valence-corrected chi connectivity index (χ0v) is 18.7. The maximum absolute atomic E-state index is 13.5. The summed E-state index contributed by atoms with van der Waals surface area (Å²) in [6, 6.07) is 6.76. The molecule has 0 unspecified atom stereocenters. The van der Waals surface area contributed by atoms with E-state index in [0.717, 1.165) is 24.9 Å². The van der Waals surface area contributed by atoms with E-state index in [-0.39, 0.29) is 41.0 Å². The molecular formula is C18H28FIN4O2S. The van der Waals surface area contributed by atoms with Gasteiger partial charge in [0.05, 0.1) is 12.3 Å². The largest absolute Gasteiger partial charge is 0.357 e. The number of aliphatic imine (C=N–C) groups is 1. The molecule has 3 rings (SSSR count). The molecule has 1 heterocycles. The molecule has 9 heteroatoms. The Kier molecular flexibility index (Phi) is 7.87. The van der Waals surface area contributed by atoms with Gasteiger partial charge in [0.1, 0.15) is 5.82 Å². The van der Waals surface area contributed by atoms with E-state index in [1.54, 1.807) is 12.1 Å². The molecule has 27 heavy (non-hydrogen) atoms. The highest BCUT2D eigenvalue weighted by molar-refractivity contribution is 14.0. The second-order valence-electron chi connectivity index (χ2n) is 6.98.